The third-order valence-electron chi connectivity index (χ3n) is 3.31. The summed E-state index contributed by atoms with van der Waals surface area (Å²) >= 11 is 0. The van der Waals surface area contributed by atoms with Gasteiger partial charge in [-0.3, -0.25) is 4.79 Å². The van der Waals surface area contributed by atoms with Gasteiger partial charge in [-0.05, 0) is 31.8 Å². The molecule has 0 atom stereocenters. The van der Waals surface area contributed by atoms with E-state index in [2.05, 4.69) is 20.6 Å². The maximum Gasteiger partial charge on any atom is 0.228 e. The Hall–Kier alpha value is -1.56. The van der Waals surface area contributed by atoms with E-state index in [1.54, 1.807) is 0 Å². The maximum absolute atomic E-state index is 14.1. The van der Waals surface area contributed by atoms with Gasteiger partial charge in [-0.25, -0.2) is 14.4 Å². The highest BCUT2D eigenvalue weighted by Gasteiger charge is 2.23. The van der Waals surface area contributed by atoms with E-state index in [9.17, 15) is 9.18 Å². The molecular formula is C13H19FN4O. The number of anilines is 1. The average molecular weight is 266 g/mol. The van der Waals surface area contributed by atoms with Crippen LogP contribution in [-0.2, 0) is 4.79 Å². The van der Waals surface area contributed by atoms with Crippen molar-refractivity contribution in [2.24, 2.45) is 5.92 Å². The fourth-order valence-electron chi connectivity index (χ4n) is 2.18. The third kappa shape index (κ3) is 3.26. The SMILES string of the molecule is CC(C)c1ncnc(NC(=O)C2CCNCC2)c1F. The second kappa shape index (κ2) is 6.06. The lowest BCUT2D eigenvalue weighted by Crippen LogP contribution is -2.35. The molecule has 1 saturated heterocycles. The van der Waals surface area contributed by atoms with E-state index < -0.39 is 5.82 Å². The molecule has 0 saturated carbocycles. The van der Waals surface area contributed by atoms with Crippen molar-refractivity contribution in [3.05, 3.63) is 17.8 Å². The highest BCUT2D eigenvalue weighted by atomic mass is 19.1. The van der Waals surface area contributed by atoms with Crippen LogP contribution >= 0.6 is 0 Å². The fourth-order valence-corrected chi connectivity index (χ4v) is 2.18. The van der Waals surface area contributed by atoms with Crippen molar-refractivity contribution in [1.82, 2.24) is 15.3 Å². The molecule has 0 aliphatic carbocycles. The third-order valence-corrected chi connectivity index (χ3v) is 3.31. The van der Waals surface area contributed by atoms with Crippen LogP contribution in [0.25, 0.3) is 0 Å². The van der Waals surface area contributed by atoms with E-state index in [0.29, 0.717) is 5.69 Å². The molecule has 0 bridgehead atoms. The lowest BCUT2D eigenvalue weighted by Gasteiger charge is -2.21. The summed E-state index contributed by atoms with van der Waals surface area (Å²) in [6.45, 7) is 5.34. The molecule has 1 aliphatic heterocycles. The van der Waals surface area contributed by atoms with E-state index in [4.69, 9.17) is 0 Å². The monoisotopic (exact) mass is 266 g/mol. The number of carbonyl (C=O) groups is 1. The molecule has 0 radical (unpaired) electrons. The molecule has 2 heterocycles. The van der Waals surface area contributed by atoms with Gasteiger partial charge < -0.3 is 10.6 Å². The van der Waals surface area contributed by atoms with Gasteiger partial charge >= 0.3 is 0 Å². The highest BCUT2D eigenvalue weighted by molar-refractivity contribution is 5.91. The molecule has 1 aliphatic rings. The Morgan fingerprint density at radius 2 is 2.11 bits per heavy atom. The summed E-state index contributed by atoms with van der Waals surface area (Å²) in [6.07, 6.45) is 2.83. The highest BCUT2D eigenvalue weighted by Crippen LogP contribution is 2.21. The molecule has 19 heavy (non-hydrogen) atoms. The summed E-state index contributed by atoms with van der Waals surface area (Å²) in [5.74, 6) is -0.813. The summed E-state index contributed by atoms with van der Waals surface area (Å²) in [6, 6.07) is 0. The second-order valence-electron chi connectivity index (χ2n) is 5.09. The topological polar surface area (TPSA) is 66.9 Å². The summed E-state index contributed by atoms with van der Waals surface area (Å²) in [4.78, 5) is 19.8. The Kier molecular flexibility index (Phi) is 4.42. The van der Waals surface area contributed by atoms with E-state index in [-0.39, 0.29) is 23.6 Å². The van der Waals surface area contributed by atoms with Crippen molar-refractivity contribution >= 4 is 11.7 Å². The van der Waals surface area contributed by atoms with Crippen molar-refractivity contribution in [3.63, 3.8) is 0 Å². The maximum atomic E-state index is 14.1. The molecule has 2 rings (SSSR count). The normalized spacial score (nSPS) is 16.6. The van der Waals surface area contributed by atoms with Crippen LogP contribution in [0.5, 0.6) is 0 Å². The Bertz CT molecular complexity index is 458. The van der Waals surface area contributed by atoms with E-state index >= 15 is 0 Å². The van der Waals surface area contributed by atoms with Crippen LogP contribution in [-0.4, -0.2) is 29.0 Å². The zero-order valence-electron chi connectivity index (χ0n) is 11.2. The quantitative estimate of drug-likeness (QED) is 0.873. The van der Waals surface area contributed by atoms with Crippen molar-refractivity contribution in [2.75, 3.05) is 18.4 Å². The van der Waals surface area contributed by atoms with E-state index in [1.165, 1.54) is 6.33 Å². The molecule has 1 fully saturated rings. The number of nitrogens with zero attached hydrogens (tertiary/aromatic N) is 2. The minimum atomic E-state index is -0.528. The van der Waals surface area contributed by atoms with Gasteiger partial charge in [-0.1, -0.05) is 13.8 Å². The lowest BCUT2D eigenvalue weighted by molar-refractivity contribution is -0.120. The van der Waals surface area contributed by atoms with Crippen LogP contribution in [0.1, 0.15) is 38.3 Å². The van der Waals surface area contributed by atoms with Gasteiger partial charge in [0.15, 0.2) is 11.6 Å². The molecule has 5 nitrogen and oxygen atoms in total. The van der Waals surface area contributed by atoms with Crippen molar-refractivity contribution < 1.29 is 9.18 Å². The Balaban J connectivity index is 2.10. The minimum Gasteiger partial charge on any atom is -0.317 e. The smallest absolute Gasteiger partial charge is 0.228 e. The number of halogens is 1. The van der Waals surface area contributed by atoms with Gasteiger partial charge in [0.05, 0.1) is 5.69 Å². The molecule has 0 aromatic carbocycles. The van der Waals surface area contributed by atoms with Crippen LogP contribution < -0.4 is 10.6 Å². The molecular weight excluding hydrogens is 247 g/mol. The first-order valence-corrected chi connectivity index (χ1v) is 6.61. The van der Waals surface area contributed by atoms with Crippen molar-refractivity contribution in [2.45, 2.75) is 32.6 Å². The van der Waals surface area contributed by atoms with Gasteiger partial charge in [0.1, 0.15) is 6.33 Å². The number of nitrogens with one attached hydrogen (secondary N) is 2. The Morgan fingerprint density at radius 1 is 1.42 bits per heavy atom. The van der Waals surface area contributed by atoms with E-state index in [0.717, 1.165) is 25.9 Å². The number of piperidine rings is 1. The van der Waals surface area contributed by atoms with Gasteiger partial charge in [0.25, 0.3) is 0 Å². The minimum absolute atomic E-state index is 0.0118. The molecule has 0 unspecified atom stereocenters. The van der Waals surface area contributed by atoms with Crippen LogP contribution in [0.2, 0.25) is 0 Å². The molecule has 0 spiro atoms. The number of hydrogen-bond acceptors (Lipinski definition) is 4. The molecule has 2 N–H and O–H groups in total. The number of rotatable bonds is 3. The molecule has 1 aromatic heterocycles. The lowest BCUT2D eigenvalue weighted by atomic mass is 9.97. The first-order valence-electron chi connectivity index (χ1n) is 6.61. The summed E-state index contributed by atoms with van der Waals surface area (Å²) in [7, 11) is 0. The van der Waals surface area contributed by atoms with Crippen LogP contribution in [0, 0.1) is 11.7 Å². The first-order chi connectivity index (χ1) is 9.09. The van der Waals surface area contributed by atoms with Crippen molar-refractivity contribution in [1.29, 1.82) is 0 Å². The van der Waals surface area contributed by atoms with Gasteiger partial charge in [0, 0.05) is 5.92 Å². The summed E-state index contributed by atoms with van der Waals surface area (Å²) in [5.41, 5.74) is 0.329. The average Bonchev–Trinajstić information content (AvgIpc) is 2.41. The first kappa shape index (κ1) is 13.9. The number of amides is 1. The number of aromatic nitrogens is 2. The fraction of sp³-hybridized carbons (Fsp3) is 0.615. The number of carbonyl (C=O) groups excluding carboxylic acids is 1. The molecule has 1 amide bonds. The van der Waals surface area contributed by atoms with Gasteiger partial charge in [-0.15, -0.1) is 0 Å². The Morgan fingerprint density at radius 3 is 2.74 bits per heavy atom. The second-order valence-corrected chi connectivity index (χ2v) is 5.09. The summed E-state index contributed by atoms with van der Waals surface area (Å²) < 4.78 is 14.1. The van der Waals surface area contributed by atoms with E-state index in [1.807, 2.05) is 13.8 Å². The van der Waals surface area contributed by atoms with Gasteiger partial charge in [0.2, 0.25) is 5.91 Å². The summed E-state index contributed by atoms with van der Waals surface area (Å²) in [5, 5.41) is 5.77. The largest absolute Gasteiger partial charge is 0.317 e. The van der Waals surface area contributed by atoms with Crippen molar-refractivity contribution in [3.8, 4) is 0 Å². The predicted molar refractivity (Wildman–Crippen MR) is 70.3 cm³/mol. The van der Waals surface area contributed by atoms with Crippen LogP contribution in [0.4, 0.5) is 10.2 Å². The predicted octanol–water partition coefficient (Wildman–Crippen LogP) is 1.68. The van der Waals surface area contributed by atoms with Crippen LogP contribution in [0.15, 0.2) is 6.33 Å². The van der Waals surface area contributed by atoms with Crippen LogP contribution in [0.3, 0.4) is 0 Å². The molecule has 1 aromatic rings. The molecule has 6 heteroatoms. The zero-order valence-corrected chi connectivity index (χ0v) is 11.2. The Labute approximate surface area is 112 Å². The number of hydrogen-bond donors (Lipinski definition) is 2. The molecule has 104 valence electrons. The van der Waals surface area contributed by atoms with Gasteiger partial charge in [-0.2, -0.15) is 0 Å². The zero-order chi connectivity index (χ0) is 13.8. The standard InChI is InChI=1S/C13H19FN4O/c1-8(2)11-10(14)12(17-7-16-11)18-13(19)9-3-5-15-6-4-9/h7-9,15H,3-6H2,1-2H3,(H,16,17,18,19).